The second-order valence-corrected chi connectivity index (χ2v) is 4.91. The molecule has 0 fully saturated rings. The van der Waals surface area contributed by atoms with Crippen LogP contribution in [0.2, 0.25) is 0 Å². The topological polar surface area (TPSA) is 49.5 Å². The molecule has 0 aliphatic rings. The van der Waals surface area contributed by atoms with Gasteiger partial charge in [-0.15, -0.1) is 0 Å². The summed E-state index contributed by atoms with van der Waals surface area (Å²) in [4.78, 5) is 1.44. The van der Waals surface area contributed by atoms with Crippen LogP contribution >= 0.6 is 15.9 Å². The smallest absolute Gasteiger partial charge is 0.255 e. The molecule has 1 rings (SSSR count). The van der Waals surface area contributed by atoms with Gasteiger partial charge in [0.1, 0.15) is 0 Å². The second-order valence-electron chi connectivity index (χ2n) is 4.06. The third kappa shape index (κ3) is 4.19. The highest BCUT2D eigenvalue weighted by atomic mass is 79.9. The molecular formula is C12H17BrF2N2O. The number of hydrogen-bond acceptors (Lipinski definition) is 3. The number of nitrogens with two attached hydrogens (primary N) is 1. The van der Waals surface area contributed by atoms with Crippen LogP contribution in [-0.4, -0.2) is 31.2 Å². The fraction of sp³-hybridized carbons (Fsp3) is 0.500. The molecule has 102 valence electrons. The van der Waals surface area contributed by atoms with Crippen molar-refractivity contribution in [2.75, 3.05) is 24.6 Å². The minimum Gasteiger partial charge on any atom is -0.395 e. The fourth-order valence-corrected chi connectivity index (χ4v) is 2.42. The van der Waals surface area contributed by atoms with E-state index >= 15 is 0 Å². The average Bonchev–Trinajstić information content (AvgIpc) is 2.27. The normalized spacial score (nSPS) is 12.8. The Hall–Kier alpha value is -0.720. The molecule has 3 N–H and O–H groups in total. The van der Waals surface area contributed by atoms with Crippen LogP contribution in [-0.2, 0) is 0 Å². The SMILES string of the molecule is C[C@H](N)c1ccc(N(CCO)CC(F)F)cc1Br. The molecule has 1 aromatic rings. The van der Waals surface area contributed by atoms with Gasteiger partial charge in [0.25, 0.3) is 6.43 Å². The number of hydrogen-bond donors (Lipinski definition) is 2. The van der Waals surface area contributed by atoms with Gasteiger partial charge in [0.2, 0.25) is 0 Å². The fourth-order valence-electron chi connectivity index (χ4n) is 1.70. The Bertz CT molecular complexity index is 388. The summed E-state index contributed by atoms with van der Waals surface area (Å²) in [6, 6.07) is 5.16. The minimum atomic E-state index is -2.44. The van der Waals surface area contributed by atoms with E-state index in [2.05, 4.69) is 15.9 Å². The predicted molar refractivity (Wildman–Crippen MR) is 72.0 cm³/mol. The Morgan fingerprint density at radius 3 is 2.56 bits per heavy atom. The van der Waals surface area contributed by atoms with E-state index in [1.807, 2.05) is 6.92 Å². The van der Waals surface area contributed by atoms with Crippen LogP contribution in [0.15, 0.2) is 22.7 Å². The minimum absolute atomic E-state index is 0.130. The lowest BCUT2D eigenvalue weighted by molar-refractivity contribution is 0.153. The number of halogens is 3. The molecule has 1 aromatic carbocycles. The summed E-state index contributed by atoms with van der Waals surface area (Å²) in [6.45, 7) is 1.46. The zero-order valence-electron chi connectivity index (χ0n) is 10.1. The van der Waals surface area contributed by atoms with Gasteiger partial charge in [-0.1, -0.05) is 22.0 Å². The van der Waals surface area contributed by atoms with Gasteiger partial charge in [-0.25, -0.2) is 8.78 Å². The molecule has 0 aromatic heterocycles. The lowest BCUT2D eigenvalue weighted by Gasteiger charge is -2.24. The largest absolute Gasteiger partial charge is 0.395 e. The molecule has 6 heteroatoms. The molecule has 0 unspecified atom stereocenters. The van der Waals surface area contributed by atoms with E-state index in [4.69, 9.17) is 10.8 Å². The standard InChI is InChI=1S/C12H17BrF2N2O/c1-8(16)10-3-2-9(6-11(10)13)17(4-5-18)7-12(14)15/h2-3,6,8,12,18H,4-5,7,16H2,1H3/t8-/m0/s1. The van der Waals surface area contributed by atoms with Gasteiger partial charge in [-0.3, -0.25) is 0 Å². The molecule has 0 saturated carbocycles. The van der Waals surface area contributed by atoms with E-state index in [-0.39, 0.29) is 19.2 Å². The second kappa shape index (κ2) is 7.01. The maximum Gasteiger partial charge on any atom is 0.255 e. The zero-order valence-corrected chi connectivity index (χ0v) is 11.7. The highest BCUT2D eigenvalue weighted by Crippen LogP contribution is 2.27. The maximum absolute atomic E-state index is 12.4. The Morgan fingerprint density at radius 1 is 1.44 bits per heavy atom. The molecule has 18 heavy (non-hydrogen) atoms. The first-order valence-corrected chi connectivity index (χ1v) is 6.44. The number of rotatable bonds is 6. The summed E-state index contributed by atoms with van der Waals surface area (Å²) < 4.78 is 25.7. The first-order chi connectivity index (χ1) is 8.45. The van der Waals surface area contributed by atoms with Crippen molar-refractivity contribution in [1.82, 2.24) is 0 Å². The summed E-state index contributed by atoms with van der Waals surface area (Å²) in [5.41, 5.74) is 7.33. The molecular weight excluding hydrogens is 306 g/mol. The van der Waals surface area contributed by atoms with E-state index < -0.39 is 13.0 Å². The summed E-state index contributed by atoms with van der Waals surface area (Å²) in [7, 11) is 0. The Labute approximate surface area is 114 Å². The van der Waals surface area contributed by atoms with Crippen LogP contribution in [0.1, 0.15) is 18.5 Å². The summed E-state index contributed by atoms with van der Waals surface area (Å²) in [6.07, 6.45) is -2.44. The lowest BCUT2D eigenvalue weighted by atomic mass is 10.1. The van der Waals surface area contributed by atoms with Gasteiger partial charge in [0.15, 0.2) is 0 Å². The van der Waals surface area contributed by atoms with Crippen LogP contribution in [0, 0.1) is 0 Å². The highest BCUT2D eigenvalue weighted by Gasteiger charge is 2.14. The Balaban J connectivity index is 2.95. The number of aliphatic hydroxyl groups excluding tert-OH is 1. The summed E-state index contributed by atoms with van der Waals surface area (Å²) in [5.74, 6) is 0. The Morgan fingerprint density at radius 2 is 2.11 bits per heavy atom. The van der Waals surface area contributed by atoms with Crippen molar-refractivity contribution >= 4 is 21.6 Å². The van der Waals surface area contributed by atoms with Crippen molar-refractivity contribution in [2.24, 2.45) is 5.73 Å². The number of alkyl halides is 2. The van der Waals surface area contributed by atoms with Gasteiger partial charge in [-0.05, 0) is 24.6 Å². The molecule has 0 spiro atoms. The number of nitrogens with zero attached hydrogens (tertiary/aromatic N) is 1. The van der Waals surface area contributed by atoms with Gasteiger partial charge in [0.05, 0.1) is 13.2 Å². The summed E-state index contributed by atoms with van der Waals surface area (Å²) in [5, 5.41) is 8.90. The molecule has 0 saturated heterocycles. The average molecular weight is 323 g/mol. The molecule has 0 radical (unpaired) electrons. The third-order valence-corrected chi connectivity index (χ3v) is 3.25. The van der Waals surface area contributed by atoms with Crippen molar-refractivity contribution in [1.29, 1.82) is 0 Å². The van der Waals surface area contributed by atoms with Gasteiger partial charge in [0, 0.05) is 22.7 Å². The highest BCUT2D eigenvalue weighted by molar-refractivity contribution is 9.10. The summed E-state index contributed by atoms with van der Waals surface area (Å²) >= 11 is 3.38. The van der Waals surface area contributed by atoms with Crippen molar-refractivity contribution in [3.8, 4) is 0 Å². The van der Waals surface area contributed by atoms with Crippen molar-refractivity contribution in [3.05, 3.63) is 28.2 Å². The van der Waals surface area contributed by atoms with Gasteiger partial charge < -0.3 is 15.7 Å². The maximum atomic E-state index is 12.4. The van der Waals surface area contributed by atoms with Crippen LogP contribution in [0.25, 0.3) is 0 Å². The monoisotopic (exact) mass is 322 g/mol. The number of anilines is 1. The van der Waals surface area contributed by atoms with Crippen LogP contribution < -0.4 is 10.6 Å². The molecule has 0 heterocycles. The molecule has 0 bridgehead atoms. The number of benzene rings is 1. The van der Waals surface area contributed by atoms with Gasteiger partial charge >= 0.3 is 0 Å². The molecule has 0 aliphatic heterocycles. The number of aliphatic hydroxyl groups is 1. The van der Waals surface area contributed by atoms with Crippen molar-refractivity contribution < 1.29 is 13.9 Å². The van der Waals surface area contributed by atoms with Crippen molar-refractivity contribution in [3.63, 3.8) is 0 Å². The lowest BCUT2D eigenvalue weighted by Crippen LogP contribution is -2.31. The first-order valence-electron chi connectivity index (χ1n) is 5.64. The van der Waals surface area contributed by atoms with Crippen LogP contribution in [0.4, 0.5) is 14.5 Å². The molecule has 0 aliphatic carbocycles. The molecule has 3 nitrogen and oxygen atoms in total. The van der Waals surface area contributed by atoms with E-state index in [1.165, 1.54) is 4.90 Å². The van der Waals surface area contributed by atoms with Crippen molar-refractivity contribution in [2.45, 2.75) is 19.4 Å². The molecule has 0 amide bonds. The molecule has 1 atom stereocenters. The van der Waals surface area contributed by atoms with E-state index in [0.29, 0.717) is 5.69 Å². The van der Waals surface area contributed by atoms with Gasteiger partial charge in [-0.2, -0.15) is 0 Å². The van der Waals surface area contributed by atoms with E-state index in [9.17, 15) is 8.78 Å². The first kappa shape index (κ1) is 15.3. The Kier molecular flexibility index (Phi) is 5.98. The quantitative estimate of drug-likeness (QED) is 0.846. The zero-order chi connectivity index (χ0) is 13.7. The van der Waals surface area contributed by atoms with E-state index in [0.717, 1.165) is 10.0 Å². The third-order valence-electron chi connectivity index (χ3n) is 2.57. The van der Waals surface area contributed by atoms with Crippen LogP contribution in [0.3, 0.4) is 0 Å². The van der Waals surface area contributed by atoms with Crippen LogP contribution in [0.5, 0.6) is 0 Å². The predicted octanol–water partition coefficient (Wildman–Crippen LogP) is 2.53. The van der Waals surface area contributed by atoms with E-state index in [1.54, 1.807) is 18.2 Å².